The quantitative estimate of drug-likeness (QED) is 0.466. The van der Waals surface area contributed by atoms with E-state index < -0.39 is 0 Å². The Balaban J connectivity index is 1.40. The third-order valence-corrected chi connectivity index (χ3v) is 11.3. The molecule has 0 amide bonds. The van der Waals surface area contributed by atoms with Crippen molar-refractivity contribution in [3.05, 3.63) is 29.6 Å². The van der Waals surface area contributed by atoms with Crippen LogP contribution in [0.1, 0.15) is 98.0 Å². The highest BCUT2D eigenvalue weighted by molar-refractivity contribution is 5.27. The summed E-state index contributed by atoms with van der Waals surface area (Å²) in [4.78, 5) is 0. The van der Waals surface area contributed by atoms with Gasteiger partial charge in [0.05, 0.1) is 11.8 Å². The molecule has 4 aliphatic carbocycles. The lowest BCUT2D eigenvalue weighted by Crippen LogP contribution is -2.55. The van der Waals surface area contributed by atoms with Crippen molar-refractivity contribution in [2.24, 2.45) is 45.8 Å². The standard InChI is InChI=1S/C29H43N3/c1-20-6-7-23-11-14-29(5)25-9-8-24(21(2)18-32-19-22(16-30)17-31-32)28(25,4)15-12-26(29)27(23,3)13-10-20/h11,17,19-21,24-26H,6-10,12-15,18H2,1-5H3/t20-,21-,24-,25?,26?,27+,28-,29+/m1/s1. The van der Waals surface area contributed by atoms with Gasteiger partial charge in [-0.1, -0.05) is 46.3 Å². The van der Waals surface area contributed by atoms with Crippen LogP contribution in [-0.4, -0.2) is 9.78 Å². The van der Waals surface area contributed by atoms with Gasteiger partial charge in [-0.3, -0.25) is 4.68 Å². The number of nitriles is 1. The number of nitrogens with zero attached hydrogens (tertiary/aromatic N) is 3. The van der Waals surface area contributed by atoms with Crippen molar-refractivity contribution in [2.75, 3.05) is 0 Å². The third kappa shape index (κ3) is 3.23. The number of allylic oxidation sites excluding steroid dienone is 2. The topological polar surface area (TPSA) is 41.6 Å². The van der Waals surface area contributed by atoms with Crippen LogP contribution < -0.4 is 0 Å². The molecule has 0 saturated heterocycles. The van der Waals surface area contributed by atoms with Crippen molar-refractivity contribution < 1.29 is 0 Å². The van der Waals surface area contributed by atoms with E-state index in [4.69, 9.17) is 5.26 Å². The first-order chi connectivity index (χ1) is 15.2. The summed E-state index contributed by atoms with van der Waals surface area (Å²) in [5.41, 5.74) is 3.83. The molecule has 3 nitrogen and oxygen atoms in total. The average Bonchev–Trinajstić information content (AvgIpc) is 3.32. The Bertz CT molecular complexity index is 936. The van der Waals surface area contributed by atoms with Crippen LogP contribution in [0.15, 0.2) is 24.0 Å². The Hall–Kier alpha value is -1.56. The molecule has 4 aliphatic rings. The Morgan fingerprint density at radius 3 is 2.66 bits per heavy atom. The highest BCUT2D eigenvalue weighted by Crippen LogP contribution is 2.71. The van der Waals surface area contributed by atoms with Crippen molar-refractivity contribution >= 4 is 0 Å². The zero-order valence-corrected chi connectivity index (χ0v) is 21.0. The maximum absolute atomic E-state index is 9.16. The summed E-state index contributed by atoms with van der Waals surface area (Å²) in [7, 11) is 0. The van der Waals surface area contributed by atoms with Crippen molar-refractivity contribution in [3.8, 4) is 6.07 Å². The molecule has 32 heavy (non-hydrogen) atoms. The monoisotopic (exact) mass is 433 g/mol. The molecule has 0 aliphatic heterocycles. The molecule has 1 aromatic heterocycles. The second kappa shape index (κ2) is 7.75. The van der Waals surface area contributed by atoms with Crippen molar-refractivity contribution in [1.29, 1.82) is 5.26 Å². The summed E-state index contributed by atoms with van der Waals surface area (Å²) >= 11 is 0. The summed E-state index contributed by atoms with van der Waals surface area (Å²) < 4.78 is 2.01. The predicted octanol–water partition coefficient (Wildman–Crippen LogP) is 7.39. The Kier molecular flexibility index (Phi) is 5.39. The van der Waals surface area contributed by atoms with Gasteiger partial charge < -0.3 is 0 Å². The van der Waals surface area contributed by atoms with Crippen LogP contribution in [0.5, 0.6) is 0 Å². The fourth-order valence-corrected chi connectivity index (χ4v) is 9.56. The maximum Gasteiger partial charge on any atom is 0.102 e. The predicted molar refractivity (Wildman–Crippen MR) is 130 cm³/mol. The van der Waals surface area contributed by atoms with Gasteiger partial charge in [-0.2, -0.15) is 10.4 Å². The average molecular weight is 434 g/mol. The molecule has 0 aromatic carbocycles. The van der Waals surface area contributed by atoms with Crippen LogP contribution in [-0.2, 0) is 6.54 Å². The minimum Gasteiger partial charge on any atom is -0.271 e. The molecule has 0 radical (unpaired) electrons. The molecule has 8 atom stereocenters. The zero-order valence-electron chi connectivity index (χ0n) is 21.0. The molecule has 1 heterocycles. The first-order valence-electron chi connectivity index (χ1n) is 13.3. The minimum atomic E-state index is 0.436. The highest BCUT2D eigenvalue weighted by atomic mass is 15.3. The molecule has 0 spiro atoms. The summed E-state index contributed by atoms with van der Waals surface area (Å²) in [5, 5.41) is 13.6. The number of aromatic nitrogens is 2. The fraction of sp³-hybridized carbons (Fsp3) is 0.793. The number of fused-ring (bicyclic) bond motifs is 5. The van der Waals surface area contributed by atoms with Gasteiger partial charge in [0.25, 0.3) is 0 Å². The van der Waals surface area contributed by atoms with E-state index >= 15 is 0 Å². The van der Waals surface area contributed by atoms with Crippen molar-refractivity contribution in [1.82, 2.24) is 9.78 Å². The molecule has 174 valence electrons. The third-order valence-electron chi connectivity index (χ3n) is 11.3. The second-order valence-electron chi connectivity index (χ2n) is 12.9. The molecule has 1 aromatic rings. The normalized spacial score (nSPS) is 44.4. The second-order valence-corrected chi connectivity index (χ2v) is 12.9. The highest BCUT2D eigenvalue weighted by Gasteiger charge is 2.63. The molecular formula is C29H43N3. The van der Waals surface area contributed by atoms with E-state index in [1.807, 2.05) is 16.5 Å². The van der Waals surface area contributed by atoms with E-state index in [1.165, 1.54) is 57.8 Å². The largest absolute Gasteiger partial charge is 0.271 e. The van der Waals surface area contributed by atoms with E-state index in [2.05, 4.69) is 51.9 Å². The SMILES string of the molecule is C[C@@H]1CCC2=CC[C@]3(C)C(CC[C@@]4(C)C3CC[C@@H]4[C@H](C)Cn3cc(C#N)cn3)[C@@]2(C)CC1. The summed E-state index contributed by atoms with van der Waals surface area (Å²) in [6.07, 6.45) is 18.8. The Labute approximate surface area is 195 Å². The van der Waals surface area contributed by atoms with Crippen molar-refractivity contribution in [2.45, 2.75) is 99.0 Å². The lowest BCUT2D eigenvalue weighted by Gasteiger charge is -2.62. The lowest BCUT2D eigenvalue weighted by atomic mass is 9.42. The van der Waals surface area contributed by atoms with Crippen LogP contribution in [0.4, 0.5) is 0 Å². The molecule has 0 bridgehead atoms. The molecule has 3 saturated carbocycles. The first-order valence-corrected chi connectivity index (χ1v) is 13.3. The van der Waals surface area contributed by atoms with Gasteiger partial charge in [0.1, 0.15) is 6.07 Å². The molecule has 3 fully saturated rings. The number of hydrogen-bond acceptors (Lipinski definition) is 2. The number of rotatable bonds is 3. The van der Waals surface area contributed by atoms with Gasteiger partial charge in [0.2, 0.25) is 0 Å². The maximum atomic E-state index is 9.16. The van der Waals surface area contributed by atoms with E-state index in [0.29, 0.717) is 27.7 Å². The van der Waals surface area contributed by atoms with E-state index in [0.717, 1.165) is 30.2 Å². The summed E-state index contributed by atoms with van der Waals surface area (Å²) in [5.74, 6) is 3.94. The van der Waals surface area contributed by atoms with Gasteiger partial charge in [0, 0.05) is 12.7 Å². The van der Waals surface area contributed by atoms with E-state index in [-0.39, 0.29) is 0 Å². The molecule has 0 N–H and O–H groups in total. The number of hydrogen-bond donors (Lipinski definition) is 0. The van der Waals surface area contributed by atoms with Crippen LogP contribution in [0.25, 0.3) is 0 Å². The van der Waals surface area contributed by atoms with Crippen molar-refractivity contribution in [3.63, 3.8) is 0 Å². The zero-order chi connectivity index (χ0) is 22.7. The van der Waals surface area contributed by atoms with Gasteiger partial charge >= 0.3 is 0 Å². The van der Waals surface area contributed by atoms with E-state index in [1.54, 1.807) is 6.20 Å². The molecule has 3 heteroatoms. The van der Waals surface area contributed by atoms with Gasteiger partial charge in [0.15, 0.2) is 0 Å². The Morgan fingerprint density at radius 1 is 1.09 bits per heavy atom. The summed E-state index contributed by atoms with van der Waals surface area (Å²) in [6, 6.07) is 2.22. The van der Waals surface area contributed by atoms with Gasteiger partial charge in [-0.05, 0) is 104 Å². The molecule has 5 rings (SSSR count). The summed E-state index contributed by atoms with van der Waals surface area (Å²) in [6.45, 7) is 13.8. The first kappa shape index (κ1) is 22.2. The van der Waals surface area contributed by atoms with Gasteiger partial charge in [-0.25, -0.2) is 0 Å². The smallest absolute Gasteiger partial charge is 0.102 e. The Morgan fingerprint density at radius 2 is 1.91 bits per heavy atom. The van der Waals surface area contributed by atoms with Crippen LogP contribution in [0.3, 0.4) is 0 Å². The lowest BCUT2D eigenvalue weighted by molar-refractivity contribution is -0.107. The van der Waals surface area contributed by atoms with Crippen LogP contribution in [0.2, 0.25) is 0 Å². The molecule has 2 unspecified atom stereocenters. The minimum absolute atomic E-state index is 0.436. The molecular weight excluding hydrogens is 390 g/mol. The van der Waals surface area contributed by atoms with E-state index in [9.17, 15) is 0 Å². The van der Waals surface area contributed by atoms with Gasteiger partial charge in [-0.15, -0.1) is 0 Å². The van der Waals surface area contributed by atoms with Crippen LogP contribution >= 0.6 is 0 Å². The van der Waals surface area contributed by atoms with Crippen LogP contribution in [0, 0.1) is 57.2 Å². The fourth-order valence-electron chi connectivity index (χ4n) is 9.56.